The molecular formula is C24H20N2O2S. The Morgan fingerprint density at radius 1 is 0.621 bits per heavy atom. The van der Waals surface area contributed by atoms with Crippen LogP contribution in [0.5, 0.6) is 0 Å². The molecule has 0 heterocycles. The lowest BCUT2D eigenvalue weighted by Gasteiger charge is -2.25. The molecule has 0 saturated heterocycles. The molecule has 0 aliphatic heterocycles. The van der Waals surface area contributed by atoms with Crippen LogP contribution in [-0.2, 0) is 10.0 Å². The number of rotatable bonds is 5. The first-order valence-corrected chi connectivity index (χ1v) is 11.0. The van der Waals surface area contributed by atoms with Crippen LogP contribution in [0.3, 0.4) is 0 Å². The van der Waals surface area contributed by atoms with Crippen molar-refractivity contribution in [1.29, 1.82) is 0 Å². The van der Waals surface area contributed by atoms with Crippen LogP contribution in [0.2, 0.25) is 0 Å². The summed E-state index contributed by atoms with van der Waals surface area (Å²) in [4.78, 5) is 0.265. The van der Waals surface area contributed by atoms with E-state index in [-0.39, 0.29) is 10.9 Å². The fourth-order valence-corrected chi connectivity index (χ4v) is 5.37. The molecular weight excluding hydrogens is 380 g/mol. The van der Waals surface area contributed by atoms with Gasteiger partial charge in [-0.1, -0.05) is 72.8 Å². The molecule has 4 nitrogen and oxygen atoms in total. The summed E-state index contributed by atoms with van der Waals surface area (Å²) in [5.74, 6) is 0. The van der Waals surface area contributed by atoms with Crippen molar-refractivity contribution in [3.63, 3.8) is 0 Å². The zero-order chi connectivity index (χ0) is 19.8. The van der Waals surface area contributed by atoms with E-state index in [1.165, 1.54) is 0 Å². The highest BCUT2D eigenvalue weighted by Gasteiger charge is 2.37. The topological polar surface area (TPSA) is 58.2 Å². The third-order valence-electron chi connectivity index (χ3n) is 5.40. The number of nitrogens with one attached hydrogen (secondary N) is 2. The molecule has 0 bridgehead atoms. The summed E-state index contributed by atoms with van der Waals surface area (Å²) in [5.41, 5.74) is 3.04. The SMILES string of the molecule is O=S(=O)(NC1c2cccc3cccc(c23)C1Nc1ccccc1)c1ccccc1. The van der Waals surface area contributed by atoms with Crippen LogP contribution >= 0.6 is 0 Å². The molecule has 5 rings (SSSR count). The summed E-state index contributed by atoms with van der Waals surface area (Å²) in [6.07, 6.45) is 0. The number of sulfonamides is 1. The highest BCUT2D eigenvalue weighted by molar-refractivity contribution is 7.89. The summed E-state index contributed by atoms with van der Waals surface area (Å²) in [6.45, 7) is 0. The van der Waals surface area contributed by atoms with Gasteiger partial charge in [0, 0.05) is 5.69 Å². The second kappa shape index (κ2) is 7.03. The second-order valence-corrected chi connectivity index (χ2v) is 8.91. The normalized spacial score (nSPS) is 18.1. The van der Waals surface area contributed by atoms with E-state index < -0.39 is 16.1 Å². The van der Waals surface area contributed by atoms with E-state index in [9.17, 15) is 8.42 Å². The van der Waals surface area contributed by atoms with Crippen LogP contribution in [0.15, 0.2) is 102 Å². The van der Waals surface area contributed by atoms with Gasteiger partial charge in [0.25, 0.3) is 0 Å². The summed E-state index contributed by atoms with van der Waals surface area (Å²) >= 11 is 0. The average Bonchev–Trinajstić information content (AvgIpc) is 3.04. The van der Waals surface area contributed by atoms with E-state index in [2.05, 4.69) is 28.2 Å². The van der Waals surface area contributed by atoms with Gasteiger partial charge >= 0.3 is 0 Å². The Hall–Kier alpha value is -3.15. The molecule has 29 heavy (non-hydrogen) atoms. The number of para-hydroxylation sites is 1. The summed E-state index contributed by atoms with van der Waals surface area (Å²) in [5, 5.41) is 5.77. The molecule has 2 N–H and O–H groups in total. The predicted octanol–water partition coefficient (Wildman–Crippen LogP) is 5.03. The van der Waals surface area contributed by atoms with Gasteiger partial charge < -0.3 is 5.32 Å². The molecule has 0 aromatic heterocycles. The minimum atomic E-state index is -3.67. The Kier molecular flexibility index (Phi) is 4.34. The zero-order valence-electron chi connectivity index (χ0n) is 15.6. The minimum absolute atomic E-state index is 0.211. The van der Waals surface area contributed by atoms with E-state index in [1.54, 1.807) is 24.3 Å². The molecule has 144 valence electrons. The molecule has 2 unspecified atom stereocenters. The zero-order valence-corrected chi connectivity index (χ0v) is 16.4. The number of benzene rings is 4. The Morgan fingerprint density at radius 2 is 1.21 bits per heavy atom. The Morgan fingerprint density at radius 3 is 1.86 bits per heavy atom. The minimum Gasteiger partial charge on any atom is -0.376 e. The molecule has 0 spiro atoms. The van der Waals surface area contributed by atoms with E-state index in [0.717, 1.165) is 27.6 Å². The summed E-state index contributed by atoms with van der Waals surface area (Å²) in [6, 6.07) is 30.0. The van der Waals surface area contributed by atoms with Gasteiger partial charge in [0.15, 0.2) is 0 Å². The van der Waals surface area contributed by atoms with Crippen molar-refractivity contribution in [2.45, 2.75) is 17.0 Å². The maximum Gasteiger partial charge on any atom is 0.241 e. The van der Waals surface area contributed by atoms with Gasteiger partial charge in [0.05, 0.1) is 17.0 Å². The molecule has 0 amide bonds. The Balaban J connectivity index is 1.61. The maximum absolute atomic E-state index is 13.1. The molecule has 0 radical (unpaired) electrons. The molecule has 1 aliphatic carbocycles. The van der Waals surface area contributed by atoms with Gasteiger partial charge in [-0.15, -0.1) is 0 Å². The van der Waals surface area contributed by atoms with E-state index in [0.29, 0.717) is 0 Å². The summed E-state index contributed by atoms with van der Waals surface area (Å²) in [7, 11) is -3.67. The maximum atomic E-state index is 13.1. The molecule has 0 saturated carbocycles. The van der Waals surface area contributed by atoms with Crippen LogP contribution in [-0.4, -0.2) is 8.42 Å². The van der Waals surface area contributed by atoms with E-state index >= 15 is 0 Å². The van der Waals surface area contributed by atoms with Gasteiger partial charge in [-0.3, -0.25) is 0 Å². The fraction of sp³-hybridized carbons (Fsp3) is 0.0833. The van der Waals surface area contributed by atoms with E-state index in [4.69, 9.17) is 0 Å². The number of hydrogen-bond acceptors (Lipinski definition) is 3. The van der Waals surface area contributed by atoms with Gasteiger partial charge in [-0.2, -0.15) is 0 Å². The quantitative estimate of drug-likeness (QED) is 0.494. The van der Waals surface area contributed by atoms with Crippen molar-refractivity contribution in [1.82, 2.24) is 4.72 Å². The van der Waals surface area contributed by atoms with E-state index in [1.807, 2.05) is 54.6 Å². The smallest absolute Gasteiger partial charge is 0.241 e. The molecule has 4 aromatic rings. The number of hydrogen-bond donors (Lipinski definition) is 2. The molecule has 2 atom stereocenters. The van der Waals surface area contributed by atoms with Gasteiger partial charge in [-0.25, -0.2) is 13.1 Å². The van der Waals surface area contributed by atoms with Gasteiger partial charge in [0.1, 0.15) is 0 Å². The lowest BCUT2D eigenvalue weighted by atomic mass is 10.0. The van der Waals surface area contributed by atoms with Crippen molar-refractivity contribution in [3.05, 3.63) is 108 Å². The Labute approximate surface area is 170 Å². The average molecular weight is 401 g/mol. The van der Waals surface area contributed by atoms with Crippen LogP contribution in [0.4, 0.5) is 5.69 Å². The highest BCUT2D eigenvalue weighted by Crippen LogP contribution is 2.46. The van der Waals surface area contributed by atoms with Crippen molar-refractivity contribution >= 4 is 26.5 Å². The van der Waals surface area contributed by atoms with Crippen LogP contribution in [0.25, 0.3) is 10.8 Å². The van der Waals surface area contributed by atoms with Gasteiger partial charge in [0.2, 0.25) is 10.0 Å². The first-order chi connectivity index (χ1) is 14.1. The predicted molar refractivity (Wildman–Crippen MR) is 116 cm³/mol. The second-order valence-electron chi connectivity index (χ2n) is 7.19. The van der Waals surface area contributed by atoms with Crippen LogP contribution < -0.4 is 10.0 Å². The van der Waals surface area contributed by atoms with Crippen molar-refractivity contribution in [3.8, 4) is 0 Å². The standard InChI is InChI=1S/C24H20N2O2S/c27-29(28,19-13-5-2-6-14-19)26-24-21-16-8-10-17-9-7-15-20(22(17)21)23(24)25-18-11-3-1-4-12-18/h1-16,23-26H. The summed E-state index contributed by atoms with van der Waals surface area (Å²) < 4.78 is 29.2. The van der Waals surface area contributed by atoms with Crippen LogP contribution in [0, 0.1) is 0 Å². The third kappa shape index (κ3) is 3.18. The van der Waals surface area contributed by atoms with Crippen molar-refractivity contribution < 1.29 is 8.42 Å². The van der Waals surface area contributed by atoms with Crippen molar-refractivity contribution in [2.75, 3.05) is 5.32 Å². The molecule has 0 fully saturated rings. The number of anilines is 1. The molecule has 1 aliphatic rings. The largest absolute Gasteiger partial charge is 0.376 e. The highest BCUT2D eigenvalue weighted by atomic mass is 32.2. The van der Waals surface area contributed by atoms with Crippen molar-refractivity contribution in [2.24, 2.45) is 0 Å². The van der Waals surface area contributed by atoms with Gasteiger partial charge in [-0.05, 0) is 46.2 Å². The van der Waals surface area contributed by atoms with Crippen LogP contribution in [0.1, 0.15) is 23.2 Å². The monoisotopic (exact) mass is 400 g/mol. The lowest BCUT2D eigenvalue weighted by Crippen LogP contribution is -2.33. The first kappa shape index (κ1) is 17.9. The molecule has 4 aromatic carbocycles. The Bertz CT molecular complexity index is 1270. The third-order valence-corrected chi connectivity index (χ3v) is 6.86. The fourth-order valence-electron chi connectivity index (χ4n) is 4.12. The first-order valence-electron chi connectivity index (χ1n) is 9.54. The lowest BCUT2D eigenvalue weighted by molar-refractivity contribution is 0.534. The molecule has 5 heteroatoms.